The summed E-state index contributed by atoms with van der Waals surface area (Å²) in [5.74, 6) is 1.81. The van der Waals surface area contributed by atoms with Crippen LogP contribution in [0.2, 0.25) is 0 Å². The lowest BCUT2D eigenvalue weighted by atomic mass is 10.1. The molecule has 0 fully saturated rings. The first-order valence-electron chi connectivity index (χ1n) is 8.04. The summed E-state index contributed by atoms with van der Waals surface area (Å²) in [6, 6.07) is 8.35. The van der Waals surface area contributed by atoms with Crippen LogP contribution in [0.15, 0.2) is 28.7 Å². The van der Waals surface area contributed by atoms with Crippen molar-refractivity contribution in [1.82, 2.24) is 10.2 Å². The van der Waals surface area contributed by atoms with Crippen LogP contribution >= 0.6 is 0 Å². The maximum atomic E-state index is 6.04. The van der Waals surface area contributed by atoms with E-state index in [-0.39, 0.29) is 0 Å². The van der Waals surface area contributed by atoms with Gasteiger partial charge >= 0.3 is 0 Å². The molecule has 1 heterocycles. The van der Waals surface area contributed by atoms with Gasteiger partial charge in [-0.05, 0) is 25.6 Å². The number of rotatable bonds is 8. The first kappa shape index (κ1) is 16.1. The smallest absolute Gasteiger partial charge is 0.134 e. The molecule has 2 rings (SSSR count). The van der Waals surface area contributed by atoms with E-state index in [0.29, 0.717) is 0 Å². The standard InChI is InChI=1S/C18H28N2O/c1-5-14(3)12-20(4)13-16-15-9-7-8-10-17(15)21-18(16)11-19-6-2/h7-10,14,19H,5-6,11-13H2,1-4H3. The number of furan rings is 1. The molecule has 1 aromatic carbocycles. The quantitative estimate of drug-likeness (QED) is 0.795. The second-order valence-corrected chi connectivity index (χ2v) is 5.99. The van der Waals surface area contributed by atoms with Gasteiger partial charge in [0, 0.05) is 24.0 Å². The molecule has 3 heteroatoms. The number of para-hydroxylation sites is 1. The Morgan fingerprint density at radius 2 is 2.00 bits per heavy atom. The summed E-state index contributed by atoms with van der Waals surface area (Å²) in [7, 11) is 2.20. The second-order valence-electron chi connectivity index (χ2n) is 5.99. The molecule has 0 aliphatic rings. The molecule has 1 unspecified atom stereocenters. The lowest BCUT2D eigenvalue weighted by molar-refractivity contribution is 0.273. The fourth-order valence-corrected chi connectivity index (χ4v) is 2.70. The van der Waals surface area contributed by atoms with Gasteiger partial charge in [-0.25, -0.2) is 0 Å². The average Bonchev–Trinajstić information content (AvgIpc) is 2.83. The third-order valence-electron chi connectivity index (χ3n) is 4.07. The summed E-state index contributed by atoms with van der Waals surface area (Å²) in [5.41, 5.74) is 2.33. The van der Waals surface area contributed by atoms with Gasteiger partial charge in [0.1, 0.15) is 11.3 Å². The monoisotopic (exact) mass is 288 g/mol. The number of hydrogen-bond acceptors (Lipinski definition) is 3. The highest BCUT2D eigenvalue weighted by molar-refractivity contribution is 5.82. The average molecular weight is 288 g/mol. The van der Waals surface area contributed by atoms with Crippen LogP contribution in [-0.2, 0) is 13.1 Å². The zero-order valence-electron chi connectivity index (χ0n) is 13.8. The molecule has 0 radical (unpaired) electrons. The van der Waals surface area contributed by atoms with Crippen molar-refractivity contribution in [2.24, 2.45) is 5.92 Å². The van der Waals surface area contributed by atoms with Crippen LogP contribution in [0.25, 0.3) is 11.0 Å². The van der Waals surface area contributed by atoms with Crippen molar-refractivity contribution in [3.63, 3.8) is 0 Å². The Kier molecular flexibility index (Phi) is 5.83. The summed E-state index contributed by atoms with van der Waals surface area (Å²) >= 11 is 0. The van der Waals surface area contributed by atoms with E-state index >= 15 is 0 Å². The molecule has 1 atom stereocenters. The molecule has 0 aliphatic carbocycles. The van der Waals surface area contributed by atoms with Crippen molar-refractivity contribution in [3.8, 4) is 0 Å². The number of nitrogens with one attached hydrogen (secondary N) is 1. The third-order valence-corrected chi connectivity index (χ3v) is 4.07. The minimum atomic E-state index is 0.727. The molecule has 0 amide bonds. The molecule has 21 heavy (non-hydrogen) atoms. The van der Waals surface area contributed by atoms with E-state index in [1.54, 1.807) is 0 Å². The van der Waals surface area contributed by atoms with Crippen LogP contribution in [0.4, 0.5) is 0 Å². The van der Waals surface area contributed by atoms with Gasteiger partial charge in [0.05, 0.1) is 6.54 Å². The van der Waals surface area contributed by atoms with E-state index in [9.17, 15) is 0 Å². The summed E-state index contributed by atoms with van der Waals surface area (Å²) in [4.78, 5) is 2.40. The van der Waals surface area contributed by atoms with Gasteiger partial charge in [-0.2, -0.15) is 0 Å². The highest BCUT2D eigenvalue weighted by Crippen LogP contribution is 2.27. The number of fused-ring (bicyclic) bond motifs is 1. The molecule has 1 N–H and O–H groups in total. The Morgan fingerprint density at radius 3 is 2.71 bits per heavy atom. The van der Waals surface area contributed by atoms with Gasteiger partial charge in [-0.15, -0.1) is 0 Å². The Morgan fingerprint density at radius 1 is 1.24 bits per heavy atom. The van der Waals surface area contributed by atoms with Crippen molar-refractivity contribution in [3.05, 3.63) is 35.6 Å². The molecule has 0 saturated carbocycles. The van der Waals surface area contributed by atoms with Gasteiger partial charge in [0.2, 0.25) is 0 Å². The Bertz CT molecular complexity index is 561. The summed E-state index contributed by atoms with van der Waals surface area (Å²) in [6.45, 7) is 10.5. The van der Waals surface area contributed by atoms with Crippen LogP contribution in [0.5, 0.6) is 0 Å². The normalized spacial score (nSPS) is 13.2. The number of nitrogens with zero attached hydrogens (tertiary/aromatic N) is 1. The zero-order chi connectivity index (χ0) is 15.2. The topological polar surface area (TPSA) is 28.4 Å². The molecule has 1 aromatic heterocycles. The van der Waals surface area contributed by atoms with E-state index in [4.69, 9.17) is 4.42 Å². The van der Waals surface area contributed by atoms with E-state index < -0.39 is 0 Å². The predicted molar refractivity (Wildman–Crippen MR) is 89.4 cm³/mol. The summed E-state index contributed by atoms with van der Waals surface area (Å²) in [6.07, 6.45) is 1.22. The summed E-state index contributed by atoms with van der Waals surface area (Å²) in [5, 5.41) is 4.63. The SMILES string of the molecule is CCNCc1oc2ccccc2c1CN(C)CC(C)CC. The predicted octanol–water partition coefficient (Wildman–Crippen LogP) is 4.02. The van der Waals surface area contributed by atoms with Crippen LogP contribution < -0.4 is 5.32 Å². The van der Waals surface area contributed by atoms with Crippen molar-refractivity contribution < 1.29 is 4.42 Å². The Balaban J connectivity index is 2.22. The van der Waals surface area contributed by atoms with Gasteiger partial charge in [-0.1, -0.05) is 45.4 Å². The molecular formula is C18H28N2O. The van der Waals surface area contributed by atoms with E-state index in [0.717, 1.165) is 43.4 Å². The molecular weight excluding hydrogens is 260 g/mol. The molecule has 116 valence electrons. The zero-order valence-corrected chi connectivity index (χ0v) is 13.8. The molecule has 0 aliphatic heterocycles. The first-order valence-corrected chi connectivity index (χ1v) is 8.04. The van der Waals surface area contributed by atoms with Crippen molar-refractivity contribution in [2.75, 3.05) is 20.1 Å². The first-order chi connectivity index (χ1) is 10.2. The lowest BCUT2D eigenvalue weighted by Crippen LogP contribution is -2.24. The number of benzene rings is 1. The fourth-order valence-electron chi connectivity index (χ4n) is 2.70. The van der Waals surface area contributed by atoms with Crippen LogP contribution in [0.1, 0.15) is 38.5 Å². The van der Waals surface area contributed by atoms with Gasteiger partial charge < -0.3 is 14.6 Å². The highest BCUT2D eigenvalue weighted by atomic mass is 16.3. The molecule has 2 aromatic rings. The van der Waals surface area contributed by atoms with Crippen molar-refractivity contribution in [1.29, 1.82) is 0 Å². The van der Waals surface area contributed by atoms with Crippen molar-refractivity contribution >= 4 is 11.0 Å². The van der Waals surface area contributed by atoms with E-state index in [1.165, 1.54) is 17.4 Å². The van der Waals surface area contributed by atoms with Gasteiger partial charge in [0.25, 0.3) is 0 Å². The molecule has 0 spiro atoms. The fraction of sp³-hybridized carbons (Fsp3) is 0.556. The maximum Gasteiger partial charge on any atom is 0.134 e. The van der Waals surface area contributed by atoms with Gasteiger partial charge in [0.15, 0.2) is 0 Å². The van der Waals surface area contributed by atoms with Crippen LogP contribution in [0, 0.1) is 5.92 Å². The molecule has 3 nitrogen and oxygen atoms in total. The maximum absolute atomic E-state index is 6.04. The molecule has 0 saturated heterocycles. The largest absolute Gasteiger partial charge is 0.459 e. The minimum absolute atomic E-state index is 0.727. The number of hydrogen-bond donors (Lipinski definition) is 1. The van der Waals surface area contributed by atoms with E-state index in [2.05, 4.69) is 56.2 Å². The summed E-state index contributed by atoms with van der Waals surface area (Å²) < 4.78 is 6.04. The van der Waals surface area contributed by atoms with Crippen molar-refractivity contribution in [2.45, 2.75) is 40.3 Å². The Labute approximate surface area is 128 Å². The molecule has 0 bridgehead atoms. The van der Waals surface area contributed by atoms with Crippen LogP contribution in [-0.4, -0.2) is 25.0 Å². The van der Waals surface area contributed by atoms with E-state index in [1.807, 2.05) is 6.07 Å². The highest BCUT2D eigenvalue weighted by Gasteiger charge is 2.15. The van der Waals surface area contributed by atoms with Gasteiger partial charge in [-0.3, -0.25) is 0 Å². The third kappa shape index (κ3) is 4.08. The second kappa shape index (κ2) is 7.62. The minimum Gasteiger partial charge on any atom is -0.459 e. The Hall–Kier alpha value is -1.32. The lowest BCUT2D eigenvalue weighted by Gasteiger charge is -2.20. The van der Waals surface area contributed by atoms with Crippen LogP contribution in [0.3, 0.4) is 0 Å².